The number of benzene rings is 1. The van der Waals surface area contributed by atoms with Crippen LogP contribution in [0.15, 0.2) is 18.2 Å². The SMILES string of the molecule is CC(Nc1cccc2c1CCN(C(=O)OC(C)(C)C)C2)C(F)F. The molecule has 0 saturated heterocycles. The minimum Gasteiger partial charge on any atom is -0.444 e. The highest BCUT2D eigenvalue weighted by Gasteiger charge is 2.27. The quantitative estimate of drug-likeness (QED) is 0.911. The first-order chi connectivity index (χ1) is 10.7. The van der Waals surface area contributed by atoms with Gasteiger partial charge in [-0.15, -0.1) is 0 Å². The molecule has 1 aliphatic heterocycles. The van der Waals surface area contributed by atoms with Crippen molar-refractivity contribution >= 4 is 11.8 Å². The molecule has 23 heavy (non-hydrogen) atoms. The van der Waals surface area contributed by atoms with Crippen molar-refractivity contribution in [3.8, 4) is 0 Å². The van der Waals surface area contributed by atoms with Crippen molar-refractivity contribution in [2.75, 3.05) is 11.9 Å². The lowest BCUT2D eigenvalue weighted by Gasteiger charge is -2.32. The van der Waals surface area contributed by atoms with E-state index in [4.69, 9.17) is 4.74 Å². The van der Waals surface area contributed by atoms with E-state index in [9.17, 15) is 13.6 Å². The van der Waals surface area contributed by atoms with Crippen LogP contribution in [0.4, 0.5) is 19.3 Å². The summed E-state index contributed by atoms with van der Waals surface area (Å²) >= 11 is 0. The number of hydrogen-bond acceptors (Lipinski definition) is 3. The summed E-state index contributed by atoms with van der Waals surface area (Å²) in [6.45, 7) is 7.90. The molecule has 1 aromatic carbocycles. The van der Waals surface area contributed by atoms with Crippen molar-refractivity contribution in [3.63, 3.8) is 0 Å². The van der Waals surface area contributed by atoms with Gasteiger partial charge in [0.1, 0.15) is 5.60 Å². The maximum absolute atomic E-state index is 12.7. The van der Waals surface area contributed by atoms with Gasteiger partial charge in [0.05, 0.1) is 6.04 Å². The number of amides is 1. The molecule has 0 bridgehead atoms. The maximum Gasteiger partial charge on any atom is 0.410 e. The summed E-state index contributed by atoms with van der Waals surface area (Å²) in [5.41, 5.74) is 2.15. The molecule has 1 heterocycles. The van der Waals surface area contributed by atoms with Gasteiger partial charge in [0.2, 0.25) is 0 Å². The Morgan fingerprint density at radius 3 is 2.65 bits per heavy atom. The zero-order chi connectivity index (χ0) is 17.2. The van der Waals surface area contributed by atoms with Gasteiger partial charge in [-0.2, -0.15) is 0 Å². The molecular formula is C17H24F2N2O2. The van der Waals surface area contributed by atoms with Crippen LogP contribution in [0.1, 0.15) is 38.8 Å². The number of nitrogens with one attached hydrogen (secondary N) is 1. The van der Waals surface area contributed by atoms with Gasteiger partial charge in [0.15, 0.2) is 0 Å². The van der Waals surface area contributed by atoms with Crippen LogP contribution in [0.2, 0.25) is 0 Å². The van der Waals surface area contributed by atoms with Crippen LogP contribution in [0.3, 0.4) is 0 Å². The third-order valence-corrected chi connectivity index (χ3v) is 3.68. The van der Waals surface area contributed by atoms with E-state index in [-0.39, 0.29) is 6.09 Å². The zero-order valence-electron chi connectivity index (χ0n) is 14.0. The third kappa shape index (κ3) is 4.56. The molecule has 1 atom stereocenters. The Labute approximate surface area is 135 Å². The topological polar surface area (TPSA) is 41.6 Å². The Hall–Kier alpha value is -1.85. The second-order valence-electron chi connectivity index (χ2n) is 6.86. The van der Waals surface area contributed by atoms with Gasteiger partial charge in [0.25, 0.3) is 6.43 Å². The molecule has 0 aliphatic carbocycles. The molecule has 1 aliphatic rings. The van der Waals surface area contributed by atoms with E-state index in [0.29, 0.717) is 19.5 Å². The fourth-order valence-electron chi connectivity index (χ4n) is 2.54. The fraction of sp³-hybridized carbons (Fsp3) is 0.588. The number of alkyl halides is 2. The Morgan fingerprint density at radius 2 is 2.04 bits per heavy atom. The molecule has 0 aromatic heterocycles. The lowest BCUT2D eigenvalue weighted by Crippen LogP contribution is -2.40. The number of carbonyl (C=O) groups is 1. The van der Waals surface area contributed by atoms with Crippen LogP contribution < -0.4 is 5.32 Å². The number of halogens is 2. The molecule has 1 aromatic rings. The van der Waals surface area contributed by atoms with Gasteiger partial charge < -0.3 is 15.0 Å². The van der Waals surface area contributed by atoms with Crippen molar-refractivity contribution in [2.45, 2.75) is 58.7 Å². The normalized spacial score (nSPS) is 16.0. The highest BCUT2D eigenvalue weighted by Crippen LogP contribution is 2.28. The highest BCUT2D eigenvalue weighted by molar-refractivity contribution is 5.69. The van der Waals surface area contributed by atoms with Gasteiger partial charge in [-0.25, -0.2) is 13.6 Å². The maximum atomic E-state index is 12.7. The molecule has 0 saturated carbocycles. The predicted molar refractivity (Wildman–Crippen MR) is 85.9 cm³/mol. The van der Waals surface area contributed by atoms with Crippen LogP contribution in [0.5, 0.6) is 0 Å². The van der Waals surface area contributed by atoms with Crippen LogP contribution in [0.25, 0.3) is 0 Å². The summed E-state index contributed by atoms with van der Waals surface area (Å²) in [6, 6.07) is 4.63. The summed E-state index contributed by atoms with van der Waals surface area (Å²) in [7, 11) is 0. The molecule has 0 radical (unpaired) electrons. The number of ether oxygens (including phenoxy) is 1. The third-order valence-electron chi connectivity index (χ3n) is 3.68. The number of anilines is 1. The minimum atomic E-state index is -2.42. The molecular weight excluding hydrogens is 302 g/mol. The molecule has 1 N–H and O–H groups in total. The van der Waals surface area contributed by atoms with Gasteiger partial charge in [0, 0.05) is 18.8 Å². The van der Waals surface area contributed by atoms with Crippen LogP contribution in [0, 0.1) is 0 Å². The zero-order valence-corrected chi connectivity index (χ0v) is 14.0. The van der Waals surface area contributed by atoms with E-state index in [1.807, 2.05) is 32.9 Å². The predicted octanol–water partition coefficient (Wildman–Crippen LogP) is 4.05. The van der Waals surface area contributed by atoms with Crippen LogP contribution in [-0.2, 0) is 17.7 Å². The van der Waals surface area contributed by atoms with Crippen molar-refractivity contribution in [1.82, 2.24) is 4.90 Å². The molecule has 0 fully saturated rings. The number of nitrogens with zero attached hydrogens (tertiary/aromatic N) is 1. The minimum absolute atomic E-state index is 0.345. The van der Waals surface area contributed by atoms with E-state index in [0.717, 1.165) is 16.8 Å². The molecule has 1 unspecified atom stereocenters. The van der Waals surface area contributed by atoms with Crippen molar-refractivity contribution in [1.29, 1.82) is 0 Å². The second kappa shape index (κ2) is 6.72. The second-order valence-corrected chi connectivity index (χ2v) is 6.86. The summed E-state index contributed by atoms with van der Waals surface area (Å²) in [6.07, 6.45) is -2.15. The molecule has 0 spiro atoms. The fourth-order valence-corrected chi connectivity index (χ4v) is 2.54. The van der Waals surface area contributed by atoms with E-state index < -0.39 is 18.1 Å². The monoisotopic (exact) mass is 326 g/mol. The summed E-state index contributed by atoms with van der Waals surface area (Å²) in [4.78, 5) is 13.8. The molecule has 128 valence electrons. The number of fused-ring (bicyclic) bond motifs is 1. The smallest absolute Gasteiger partial charge is 0.410 e. The Kier molecular flexibility index (Phi) is 5.12. The molecule has 6 heteroatoms. The van der Waals surface area contributed by atoms with Crippen molar-refractivity contribution in [2.24, 2.45) is 0 Å². The first-order valence-corrected chi connectivity index (χ1v) is 7.81. The largest absolute Gasteiger partial charge is 0.444 e. The first-order valence-electron chi connectivity index (χ1n) is 7.81. The van der Waals surface area contributed by atoms with Crippen molar-refractivity contribution in [3.05, 3.63) is 29.3 Å². The molecule has 4 nitrogen and oxygen atoms in total. The highest BCUT2D eigenvalue weighted by atomic mass is 19.3. The molecule has 1 amide bonds. The van der Waals surface area contributed by atoms with Crippen molar-refractivity contribution < 1.29 is 18.3 Å². The average molecular weight is 326 g/mol. The lowest BCUT2D eigenvalue weighted by atomic mass is 9.97. The van der Waals surface area contributed by atoms with E-state index in [2.05, 4.69) is 5.32 Å². The van der Waals surface area contributed by atoms with Crippen LogP contribution >= 0.6 is 0 Å². The molecule has 2 rings (SSSR count). The average Bonchev–Trinajstić information content (AvgIpc) is 2.45. The lowest BCUT2D eigenvalue weighted by molar-refractivity contribution is 0.0224. The van der Waals surface area contributed by atoms with Gasteiger partial charge in [-0.1, -0.05) is 12.1 Å². The number of carbonyl (C=O) groups excluding carboxylic acids is 1. The van der Waals surface area contributed by atoms with E-state index in [1.54, 1.807) is 11.0 Å². The number of rotatable bonds is 3. The number of hydrogen-bond donors (Lipinski definition) is 1. The van der Waals surface area contributed by atoms with E-state index >= 15 is 0 Å². The summed E-state index contributed by atoms with van der Waals surface area (Å²) in [5, 5.41) is 2.87. The Bertz CT molecular complexity index is 570. The van der Waals surface area contributed by atoms with Gasteiger partial charge in [-0.05, 0) is 51.3 Å². The standard InChI is InChI=1S/C17H24F2N2O2/c1-11(15(18)19)20-14-7-5-6-12-10-21(9-8-13(12)14)16(22)23-17(2,3)4/h5-7,11,15,20H,8-10H2,1-4H3. The first kappa shape index (κ1) is 17.5. The Morgan fingerprint density at radius 1 is 1.35 bits per heavy atom. The van der Waals surface area contributed by atoms with Gasteiger partial charge in [-0.3, -0.25) is 0 Å². The summed E-state index contributed by atoms with van der Waals surface area (Å²) in [5.74, 6) is 0. The summed E-state index contributed by atoms with van der Waals surface area (Å²) < 4.78 is 30.9. The van der Waals surface area contributed by atoms with Crippen LogP contribution in [-0.4, -0.2) is 35.6 Å². The van der Waals surface area contributed by atoms with E-state index in [1.165, 1.54) is 6.92 Å². The van der Waals surface area contributed by atoms with Gasteiger partial charge >= 0.3 is 6.09 Å². The Balaban J connectivity index is 2.12.